The Morgan fingerprint density at radius 1 is 0.925 bits per heavy atom. The summed E-state index contributed by atoms with van der Waals surface area (Å²) in [6, 6.07) is 20.6. The van der Waals surface area contributed by atoms with E-state index >= 15 is 0 Å². The minimum atomic E-state index is -0.588. The number of carbonyl (C=O) groups excluding carboxylic acids is 2. The number of aromatic amines is 1. The minimum Gasteiger partial charge on any atom is -0.494 e. The molecule has 1 fully saturated rings. The lowest BCUT2D eigenvalue weighted by atomic mass is 9.88. The second kappa shape index (κ2) is 10.6. The second-order valence-corrected chi connectivity index (χ2v) is 9.67. The number of pyridine rings is 1. The molecule has 0 spiro atoms. The van der Waals surface area contributed by atoms with Crippen LogP contribution in [0, 0.1) is 6.92 Å². The first-order chi connectivity index (χ1) is 19.5. The Hall–Kier alpha value is -5.05. The van der Waals surface area contributed by atoms with Crippen LogP contribution < -0.4 is 4.74 Å². The number of nitrogens with one attached hydrogen (secondary N) is 1. The highest BCUT2D eigenvalue weighted by atomic mass is 16.5. The smallest absolute Gasteiger partial charge is 0.295 e. The molecule has 0 saturated carbocycles. The van der Waals surface area contributed by atoms with Gasteiger partial charge in [-0.3, -0.25) is 9.59 Å². The van der Waals surface area contributed by atoms with Gasteiger partial charge in [0.1, 0.15) is 17.9 Å². The van der Waals surface area contributed by atoms with Crippen LogP contribution in [0.15, 0.2) is 85.0 Å². The van der Waals surface area contributed by atoms with Gasteiger partial charge in [-0.2, -0.15) is 5.10 Å². The molecule has 1 aliphatic heterocycles. The quantitative estimate of drug-likeness (QED) is 0.250. The summed E-state index contributed by atoms with van der Waals surface area (Å²) in [4.78, 5) is 40.4. The molecular formula is C31H28N6O3. The fraction of sp³-hybridized carbons (Fsp3) is 0.194. The van der Waals surface area contributed by atoms with Crippen molar-refractivity contribution < 1.29 is 14.3 Å². The van der Waals surface area contributed by atoms with E-state index in [1.54, 1.807) is 24.3 Å². The van der Waals surface area contributed by atoms with Gasteiger partial charge in [0.15, 0.2) is 5.82 Å². The van der Waals surface area contributed by atoms with E-state index < -0.39 is 11.7 Å². The number of likely N-dealkylation sites (tertiary alicyclic amines) is 1. The monoisotopic (exact) mass is 532 g/mol. The van der Waals surface area contributed by atoms with Gasteiger partial charge in [0.25, 0.3) is 11.7 Å². The molecule has 0 aliphatic carbocycles. The van der Waals surface area contributed by atoms with Crippen molar-refractivity contribution in [1.82, 2.24) is 29.6 Å². The standard InChI is InChI=1S/C31H28N6O3/c1-20-34-19-37(35-20)30-28-27(25(40-2)18-33-30)24(17-32-28)29(38)31(39)36-15-13-23(14-16-36)26(21-9-5-3-6-10-21)22-11-7-4-8-12-22/h3-12,17-19,32H,13-16H2,1-2H3. The molecule has 1 amide bonds. The Kier molecular flexibility index (Phi) is 6.69. The van der Waals surface area contributed by atoms with Gasteiger partial charge in [0.2, 0.25) is 0 Å². The highest BCUT2D eigenvalue weighted by Gasteiger charge is 2.30. The minimum absolute atomic E-state index is 0.243. The maximum atomic E-state index is 13.6. The molecule has 1 aliphatic rings. The van der Waals surface area contributed by atoms with E-state index in [4.69, 9.17) is 4.74 Å². The average Bonchev–Trinajstić information content (AvgIpc) is 3.64. The van der Waals surface area contributed by atoms with E-state index in [1.807, 2.05) is 36.4 Å². The van der Waals surface area contributed by atoms with Gasteiger partial charge in [0, 0.05) is 19.3 Å². The van der Waals surface area contributed by atoms with E-state index in [9.17, 15) is 9.59 Å². The van der Waals surface area contributed by atoms with Gasteiger partial charge in [-0.15, -0.1) is 0 Å². The predicted molar refractivity (Wildman–Crippen MR) is 151 cm³/mol. The van der Waals surface area contributed by atoms with E-state index in [-0.39, 0.29) is 5.56 Å². The van der Waals surface area contributed by atoms with Crippen molar-refractivity contribution in [2.75, 3.05) is 20.2 Å². The third-order valence-corrected chi connectivity index (χ3v) is 7.27. The Bertz CT molecular complexity index is 1690. The van der Waals surface area contributed by atoms with Crippen molar-refractivity contribution >= 4 is 28.2 Å². The second-order valence-electron chi connectivity index (χ2n) is 9.67. The van der Waals surface area contributed by atoms with E-state index in [0.29, 0.717) is 54.2 Å². The van der Waals surface area contributed by atoms with E-state index in [0.717, 1.165) is 11.1 Å². The summed E-state index contributed by atoms with van der Waals surface area (Å²) in [5.74, 6) is 0.329. The maximum Gasteiger partial charge on any atom is 0.295 e. The number of fused-ring (bicyclic) bond motifs is 1. The number of hydrogen-bond acceptors (Lipinski definition) is 6. The molecular weight excluding hydrogens is 504 g/mol. The number of piperidine rings is 1. The number of H-pyrrole nitrogens is 1. The van der Waals surface area contributed by atoms with Gasteiger partial charge >= 0.3 is 0 Å². The first-order valence-corrected chi connectivity index (χ1v) is 13.1. The van der Waals surface area contributed by atoms with Crippen LogP contribution in [0.4, 0.5) is 0 Å². The number of nitrogens with zero attached hydrogens (tertiary/aromatic N) is 5. The number of benzene rings is 2. The zero-order valence-electron chi connectivity index (χ0n) is 22.3. The van der Waals surface area contributed by atoms with Crippen LogP contribution in [0.5, 0.6) is 5.75 Å². The Morgan fingerprint density at radius 3 is 2.15 bits per heavy atom. The highest BCUT2D eigenvalue weighted by Crippen LogP contribution is 2.34. The molecule has 1 N–H and O–H groups in total. The van der Waals surface area contributed by atoms with Crippen LogP contribution in [0.25, 0.3) is 22.3 Å². The number of carbonyl (C=O) groups is 2. The molecule has 200 valence electrons. The SMILES string of the molecule is COc1cnc(-n2cnc(C)n2)c2[nH]cc(C(=O)C(=O)N3CCC(=C(c4ccccc4)c4ccccc4)CC3)c12. The van der Waals surface area contributed by atoms with Crippen LogP contribution in [0.3, 0.4) is 0 Å². The number of ketones is 1. The molecule has 5 aromatic rings. The predicted octanol–water partition coefficient (Wildman–Crippen LogP) is 4.77. The first kappa shape index (κ1) is 25.2. The van der Waals surface area contributed by atoms with Gasteiger partial charge in [-0.1, -0.05) is 66.2 Å². The van der Waals surface area contributed by atoms with Crippen molar-refractivity contribution in [1.29, 1.82) is 0 Å². The van der Waals surface area contributed by atoms with Gasteiger partial charge in [-0.05, 0) is 36.5 Å². The number of methoxy groups -OCH3 is 1. The molecule has 40 heavy (non-hydrogen) atoms. The van der Waals surface area contributed by atoms with Crippen molar-refractivity contribution in [3.8, 4) is 11.6 Å². The molecule has 0 radical (unpaired) electrons. The number of rotatable bonds is 6. The fourth-order valence-corrected chi connectivity index (χ4v) is 5.33. The van der Waals surface area contributed by atoms with Crippen molar-refractivity contribution in [2.45, 2.75) is 19.8 Å². The van der Waals surface area contributed by atoms with Gasteiger partial charge < -0.3 is 14.6 Å². The lowest BCUT2D eigenvalue weighted by molar-refractivity contribution is -0.126. The summed E-state index contributed by atoms with van der Waals surface area (Å²) in [6.45, 7) is 2.71. The fourth-order valence-electron chi connectivity index (χ4n) is 5.33. The summed E-state index contributed by atoms with van der Waals surface area (Å²) in [6.07, 6.45) is 6.00. The van der Waals surface area contributed by atoms with E-state index in [2.05, 4.69) is 44.3 Å². The third kappa shape index (κ3) is 4.55. The molecule has 0 atom stereocenters. The maximum absolute atomic E-state index is 13.6. The number of aromatic nitrogens is 5. The largest absolute Gasteiger partial charge is 0.494 e. The van der Waals surface area contributed by atoms with Crippen molar-refractivity contribution in [3.63, 3.8) is 0 Å². The molecule has 6 rings (SSSR count). The van der Waals surface area contributed by atoms with Crippen LogP contribution >= 0.6 is 0 Å². The van der Waals surface area contributed by atoms with Crippen LogP contribution in [0.1, 0.15) is 40.2 Å². The van der Waals surface area contributed by atoms with Crippen LogP contribution in [0.2, 0.25) is 0 Å². The number of ether oxygens (including phenoxy) is 1. The molecule has 3 aromatic heterocycles. The lowest BCUT2D eigenvalue weighted by Gasteiger charge is -2.30. The number of amides is 1. The van der Waals surface area contributed by atoms with Gasteiger partial charge in [-0.25, -0.2) is 14.6 Å². The number of aryl methyl sites for hydroxylation is 1. The van der Waals surface area contributed by atoms with E-state index in [1.165, 1.54) is 29.1 Å². The molecule has 2 aromatic carbocycles. The molecule has 9 heteroatoms. The zero-order chi connectivity index (χ0) is 27.6. The number of hydrogen-bond donors (Lipinski definition) is 1. The third-order valence-electron chi connectivity index (χ3n) is 7.27. The lowest BCUT2D eigenvalue weighted by Crippen LogP contribution is -2.40. The Labute approximate surface area is 231 Å². The molecule has 9 nitrogen and oxygen atoms in total. The summed E-state index contributed by atoms with van der Waals surface area (Å²) < 4.78 is 7.04. The molecule has 0 bridgehead atoms. The van der Waals surface area contributed by atoms with Crippen LogP contribution in [-0.2, 0) is 4.79 Å². The number of Topliss-reactive ketones (excluding diaryl/α,β-unsaturated/α-hetero) is 1. The molecule has 4 heterocycles. The average molecular weight is 533 g/mol. The summed E-state index contributed by atoms with van der Waals surface area (Å²) in [5, 5.41) is 4.82. The zero-order valence-corrected chi connectivity index (χ0v) is 22.3. The first-order valence-electron chi connectivity index (χ1n) is 13.1. The van der Waals surface area contributed by atoms with Crippen LogP contribution in [-0.4, -0.2) is 61.5 Å². The molecule has 0 unspecified atom stereocenters. The molecule has 1 saturated heterocycles. The topological polar surface area (TPSA) is 106 Å². The summed E-state index contributed by atoms with van der Waals surface area (Å²) >= 11 is 0. The van der Waals surface area contributed by atoms with Crippen molar-refractivity contribution in [2.24, 2.45) is 0 Å². The summed E-state index contributed by atoms with van der Waals surface area (Å²) in [7, 11) is 1.51. The van der Waals surface area contributed by atoms with Gasteiger partial charge in [0.05, 0.1) is 29.8 Å². The Morgan fingerprint density at radius 2 is 1.57 bits per heavy atom. The normalized spacial score (nSPS) is 13.4. The highest BCUT2D eigenvalue weighted by molar-refractivity contribution is 6.45. The van der Waals surface area contributed by atoms with Crippen molar-refractivity contribution in [3.05, 3.63) is 107 Å². The summed E-state index contributed by atoms with van der Waals surface area (Å²) in [5.41, 5.74) is 5.56. The Balaban J connectivity index is 1.28.